The molecule has 186 valence electrons. The molecule has 0 unspecified atom stereocenters. The molecule has 11 atom stereocenters. The van der Waals surface area contributed by atoms with Crippen LogP contribution < -0.4 is 10.6 Å². The van der Waals surface area contributed by atoms with E-state index in [-0.39, 0.29) is 17.9 Å². The summed E-state index contributed by atoms with van der Waals surface area (Å²) >= 11 is 7.62. The van der Waals surface area contributed by atoms with Gasteiger partial charge in [0.15, 0.2) is 0 Å². The van der Waals surface area contributed by atoms with Crippen molar-refractivity contribution in [3.63, 3.8) is 0 Å². The molecule has 3 rings (SSSR count). The molecule has 0 aromatic rings. The first kappa shape index (κ1) is 26.5. The lowest BCUT2D eigenvalue weighted by molar-refractivity contribution is -0.205. The van der Waals surface area contributed by atoms with E-state index in [0.29, 0.717) is 18.4 Å². The summed E-state index contributed by atoms with van der Waals surface area (Å²) < 4.78 is 12.0. The Balaban J connectivity index is 1.68. The number of carbonyl (C=O) groups is 1. The molecule has 0 aromatic carbocycles. The van der Waals surface area contributed by atoms with Gasteiger partial charge in [0.05, 0.1) is 17.5 Å². The number of nitrogens with one attached hydrogen (secondary N) is 2. The van der Waals surface area contributed by atoms with Crippen molar-refractivity contribution in [3.8, 4) is 0 Å². The van der Waals surface area contributed by atoms with E-state index < -0.39 is 47.3 Å². The second kappa shape index (κ2) is 11.5. The molecule has 0 saturated carbocycles. The predicted octanol–water partition coefficient (Wildman–Crippen LogP) is 0.698. The number of alkyl halides is 1. The highest BCUT2D eigenvalue weighted by atomic mass is 35.5. The van der Waals surface area contributed by atoms with E-state index in [0.717, 1.165) is 25.8 Å². The van der Waals surface area contributed by atoms with Gasteiger partial charge in [-0.05, 0) is 50.2 Å². The van der Waals surface area contributed by atoms with Crippen molar-refractivity contribution in [1.82, 2.24) is 10.6 Å². The Bertz CT molecular complexity index is 627. The molecule has 0 radical (unpaired) electrons. The molecular formula is C22H39ClN2O6S. The van der Waals surface area contributed by atoms with E-state index in [2.05, 4.69) is 24.5 Å². The number of thioether (sulfide) groups is 1. The standard InChI is InChI=1S/C22H39ClN2O6S/c1-10(2)7-12-5-6-30-19-13(8-12)9-24-15(19)21(29)25-14(11(3)23)20-17(27)16(26)18(28)22(31-20)32-4/h10-20,22,24,26-28H,5-9H2,1-4H3,(H,25,29)/t11-,12-,13-,14+,15-,16-,17+,18+,19+,20+,22+/m0/s1. The van der Waals surface area contributed by atoms with Crippen LogP contribution in [0.3, 0.4) is 0 Å². The molecule has 0 aliphatic carbocycles. The molecule has 0 aromatic heterocycles. The molecule has 5 N–H and O–H groups in total. The van der Waals surface area contributed by atoms with Crippen molar-refractivity contribution >= 4 is 29.3 Å². The van der Waals surface area contributed by atoms with Gasteiger partial charge < -0.3 is 35.4 Å². The fourth-order valence-electron chi connectivity index (χ4n) is 5.35. The molecule has 1 amide bonds. The van der Waals surface area contributed by atoms with Crippen LogP contribution in [0.15, 0.2) is 0 Å². The lowest BCUT2D eigenvalue weighted by Crippen LogP contribution is -2.65. The van der Waals surface area contributed by atoms with Crippen LogP contribution in [0.1, 0.15) is 40.0 Å². The van der Waals surface area contributed by atoms with Gasteiger partial charge in [-0.1, -0.05) is 13.8 Å². The van der Waals surface area contributed by atoms with E-state index in [1.807, 2.05) is 0 Å². The van der Waals surface area contributed by atoms with Crippen LogP contribution in [0.4, 0.5) is 0 Å². The first-order valence-electron chi connectivity index (χ1n) is 11.7. The van der Waals surface area contributed by atoms with Gasteiger partial charge in [-0.15, -0.1) is 23.4 Å². The Morgan fingerprint density at radius 1 is 1.22 bits per heavy atom. The van der Waals surface area contributed by atoms with Gasteiger partial charge in [-0.2, -0.15) is 0 Å². The molecule has 3 heterocycles. The van der Waals surface area contributed by atoms with Gasteiger partial charge >= 0.3 is 0 Å². The Morgan fingerprint density at radius 3 is 2.56 bits per heavy atom. The maximum atomic E-state index is 13.3. The molecule has 32 heavy (non-hydrogen) atoms. The summed E-state index contributed by atoms with van der Waals surface area (Å²) in [6, 6.07) is -1.26. The number of hydrogen-bond donors (Lipinski definition) is 5. The summed E-state index contributed by atoms with van der Waals surface area (Å²) in [5.74, 6) is 1.26. The summed E-state index contributed by atoms with van der Waals surface area (Å²) in [7, 11) is 0. The lowest BCUT2D eigenvalue weighted by Gasteiger charge is -2.44. The second-order valence-electron chi connectivity index (χ2n) is 9.89. The van der Waals surface area contributed by atoms with Gasteiger partial charge in [0.25, 0.3) is 0 Å². The summed E-state index contributed by atoms with van der Waals surface area (Å²) in [5.41, 5.74) is -0.731. The minimum Gasteiger partial charge on any atom is -0.388 e. The number of fused-ring (bicyclic) bond motifs is 1. The number of aliphatic hydroxyl groups excluding tert-OH is 3. The van der Waals surface area contributed by atoms with Gasteiger partial charge in [0.1, 0.15) is 35.9 Å². The first-order chi connectivity index (χ1) is 15.1. The van der Waals surface area contributed by atoms with Crippen LogP contribution in [-0.4, -0.2) is 94.1 Å². The Kier molecular flexibility index (Phi) is 9.54. The number of amides is 1. The van der Waals surface area contributed by atoms with E-state index in [1.54, 1.807) is 13.2 Å². The molecule has 3 fully saturated rings. The minimum absolute atomic E-state index is 0.206. The second-order valence-corrected chi connectivity index (χ2v) is 11.5. The minimum atomic E-state index is -1.39. The van der Waals surface area contributed by atoms with Crippen molar-refractivity contribution in [2.75, 3.05) is 19.4 Å². The molecular weight excluding hydrogens is 456 g/mol. The quantitative estimate of drug-likeness (QED) is 0.328. The maximum absolute atomic E-state index is 13.3. The van der Waals surface area contributed by atoms with Crippen molar-refractivity contribution in [2.24, 2.45) is 17.8 Å². The van der Waals surface area contributed by atoms with Crippen molar-refractivity contribution in [2.45, 2.75) is 93.5 Å². The maximum Gasteiger partial charge on any atom is 0.240 e. The van der Waals surface area contributed by atoms with Crippen molar-refractivity contribution in [3.05, 3.63) is 0 Å². The lowest BCUT2D eigenvalue weighted by atomic mass is 9.85. The third-order valence-electron chi connectivity index (χ3n) is 6.95. The van der Waals surface area contributed by atoms with Crippen molar-refractivity contribution in [1.29, 1.82) is 0 Å². The number of hydrogen-bond acceptors (Lipinski definition) is 8. The van der Waals surface area contributed by atoms with Crippen LogP contribution in [0.5, 0.6) is 0 Å². The highest BCUT2D eigenvalue weighted by Crippen LogP contribution is 2.34. The van der Waals surface area contributed by atoms with Gasteiger partial charge in [-0.3, -0.25) is 4.79 Å². The number of carbonyl (C=O) groups excluding carboxylic acids is 1. The Morgan fingerprint density at radius 2 is 1.94 bits per heavy atom. The van der Waals surface area contributed by atoms with E-state index in [4.69, 9.17) is 21.1 Å². The van der Waals surface area contributed by atoms with E-state index >= 15 is 0 Å². The third kappa shape index (κ3) is 5.92. The van der Waals surface area contributed by atoms with Crippen molar-refractivity contribution < 1.29 is 29.6 Å². The average Bonchev–Trinajstić information content (AvgIpc) is 3.02. The highest BCUT2D eigenvalue weighted by molar-refractivity contribution is 7.99. The molecule has 3 aliphatic rings. The molecule has 3 saturated heterocycles. The topological polar surface area (TPSA) is 120 Å². The molecule has 8 nitrogen and oxygen atoms in total. The predicted molar refractivity (Wildman–Crippen MR) is 125 cm³/mol. The van der Waals surface area contributed by atoms with Crippen LogP contribution >= 0.6 is 23.4 Å². The number of rotatable bonds is 7. The largest absolute Gasteiger partial charge is 0.388 e. The average molecular weight is 495 g/mol. The summed E-state index contributed by atoms with van der Waals surface area (Å²) in [5, 5.41) is 36.6. The van der Waals surface area contributed by atoms with E-state index in [1.165, 1.54) is 11.8 Å². The normalized spacial score (nSPS) is 42.2. The molecule has 10 heteroatoms. The molecule has 0 spiro atoms. The van der Waals surface area contributed by atoms with Crippen LogP contribution in [0.25, 0.3) is 0 Å². The first-order valence-corrected chi connectivity index (χ1v) is 13.4. The molecule has 0 bridgehead atoms. The zero-order valence-corrected chi connectivity index (χ0v) is 20.9. The molecule has 3 aliphatic heterocycles. The van der Waals surface area contributed by atoms with E-state index in [9.17, 15) is 20.1 Å². The Hall–Kier alpha value is -0.130. The van der Waals surface area contributed by atoms with Crippen LogP contribution in [-0.2, 0) is 14.3 Å². The zero-order valence-electron chi connectivity index (χ0n) is 19.3. The zero-order chi connectivity index (χ0) is 23.6. The summed E-state index contributed by atoms with van der Waals surface area (Å²) in [6.45, 7) is 7.54. The van der Waals surface area contributed by atoms with Crippen LogP contribution in [0, 0.1) is 17.8 Å². The highest BCUT2D eigenvalue weighted by Gasteiger charge is 2.49. The van der Waals surface area contributed by atoms with Gasteiger partial charge in [-0.25, -0.2) is 0 Å². The summed E-state index contributed by atoms with van der Waals surface area (Å²) in [6.07, 6.45) is -0.199. The fourth-order valence-corrected chi connectivity index (χ4v) is 6.24. The third-order valence-corrected chi connectivity index (χ3v) is 8.08. The monoisotopic (exact) mass is 494 g/mol. The number of halogens is 1. The van der Waals surface area contributed by atoms with Gasteiger partial charge in [0.2, 0.25) is 5.91 Å². The fraction of sp³-hybridized carbons (Fsp3) is 0.955. The smallest absolute Gasteiger partial charge is 0.240 e. The number of ether oxygens (including phenoxy) is 2. The SMILES string of the molecule is CS[C@H]1O[C@H]([C@H](NC(=O)[C@H]2NC[C@@H]3C[C@H](CC(C)C)CCO[C@H]32)[C@H](C)Cl)[C@H](O)[C@H](O)[C@H]1O. The van der Waals surface area contributed by atoms with Gasteiger partial charge in [0, 0.05) is 13.2 Å². The Labute approximate surface area is 200 Å². The summed E-state index contributed by atoms with van der Waals surface area (Å²) in [4.78, 5) is 13.3. The number of aliphatic hydroxyl groups is 3. The van der Waals surface area contributed by atoms with Crippen LogP contribution in [0.2, 0.25) is 0 Å².